The van der Waals surface area contributed by atoms with E-state index in [2.05, 4.69) is 42.3 Å². The van der Waals surface area contributed by atoms with Crippen molar-refractivity contribution in [3.63, 3.8) is 0 Å². The number of aromatic nitrogens is 2. The fourth-order valence-corrected chi connectivity index (χ4v) is 2.56. The van der Waals surface area contributed by atoms with Gasteiger partial charge in [0.15, 0.2) is 0 Å². The van der Waals surface area contributed by atoms with Crippen LogP contribution >= 0.6 is 0 Å². The van der Waals surface area contributed by atoms with Gasteiger partial charge in [-0.25, -0.2) is 9.13 Å². The van der Waals surface area contributed by atoms with Crippen molar-refractivity contribution in [2.24, 2.45) is 0 Å². The van der Waals surface area contributed by atoms with Crippen LogP contribution in [-0.2, 0) is 19.5 Å². The van der Waals surface area contributed by atoms with E-state index in [1.165, 1.54) is 70.3 Å². The standard InChI is InChI=1S/C16H31N2/c1-4-7-8-9-10-11-16-17(12-5-2)14-15-18(16)13-6-3/h14-15H,4-13H2,1-3H3/q+1. The Hall–Kier alpha value is -0.790. The largest absolute Gasteiger partial charge is 0.256 e. The SMILES string of the molecule is CCCCCCCc1n(CCC)cc[n+]1CCC. The molecule has 0 aliphatic heterocycles. The van der Waals surface area contributed by atoms with Gasteiger partial charge in [-0.1, -0.05) is 46.5 Å². The van der Waals surface area contributed by atoms with Crippen molar-refractivity contribution in [2.45, 2.75) is 85.2 Å². The van der Waals surface area contributed by atoms with Gasteiger partial charge in [0.25, 0.3) is 5.82 Å². The first-order valence-electron chi connectivity index (χ1n) is 7.90. The second-order valence-electron chi connectivity index (χ2n) is 5.27. The smallest absolute Gasteiger partial charge is 0.234 e. The highest BCUT2D eigenvalue weighted by Crippen LogP contribution is 2.08. The molecule has 0 spiro atoms. The van der Waals surface area contributed by atoms with Gasteiger partial charge in [0, 0.05) is 6.42 Å². The van der Waals surface area contributed by atoms with E-state index in [0.29, 0.717) is 0 Å². The lowest BCUT2D eigenvalue weighted by Crippen LogP contribution is -2.37. The van der Waals surface area contributed by atoms with Crippen LogP contribution in [0.3, 0.4) is 0 Å². The summed E-state index contributed by atoms with van der Waals surface area (Å²) in [6, 6.07) is 0. The molecule has 1 heterocycles. The topological polar surface area (TPSA) is 8.81 Å². The molecule has 0 atom stereocenters. The monoisotopic (exact) mass is 251 g/mol. The number of unbranched alkanes of at least 4 members (excludes halogenated alkanes) is 4. The minimum Gasteiger partial charge on any atom is -0.234 e. The van der Waals surface area contributed by atoms with E-state index in [0.717, 1.165) is 0 Å². The van der Waals surface area contributed by atoms with Crippen LogP contribution in [-0.4, -0.2) is 4.57 Å². The van der Waals surface area contributed by atoms with Crippen molar-refractivity contribution >= 4 is 0 Å². The molecule has 2 heteroatoms. The van der Waals surface area contributed by atoms with Crippen molar-refractivity contribution in [3.05, 3.63) is 18.2 Å². The molecule has 0 aliphatic carbocycles. The van der Waals surface area contributed by atoms with E-state index < -0.39 is 0 Å². The van der Waals surface area contributed by atoms with Gasteiger partial charge in [0.1, 0.15) is 12.4 Å². The highest BCUT2D eigenvalue weighted by atomic mass is 15.1. The zero-order chi connectivity index (χ0) is 13.2. The molecular formula is C16H31N2+. The van der Waals surface area contributed by atoms with Gasteiger partial charge < -0.3 is 0 Å². The Morgan fingerprint density at radius 3 is 2.39 bits per heavy atom. The minimum atomic E-state index is 1.17. The van der Waals surface area contributed by atoms with E-state index in [9.17, 15) is 0 Å². The quantitative estimate of drug-likeness (QED) is 0.437. The number of rotatable bonds is 10. The van der Waals surface area contributed by atoms with Crippen molar-refractivity contribution in [1.29, 1.82) is 0 Å². The summed E-state index contributed by atoms with van der Waals surface area (Å²) in [5.74, 6) is 1.54. The first kappa shape index (κ1) is 15.3. The average Bonchev–Trinajstić information content (AvgIpc) is 2.73. The molecule has 0 unspecified atom stereocenters. The van der Waals surface area contributed by atoms with Crippen LogP contribution in [0.5, 0.6) is 0 Å². The predicted octanol–water partition coefficient (Wildman–Crippen LogP) is 4.11. The van der Waals surface area contributed by atoms with Crippen LogP contribution < -0.4 is 4.57 Å². The summed E-state index contributed by atoms with van der Waals surface area (Å²) in [6.45, 7) is 9.13. The lowest BCUT2D eigenvalue weighted by Gasteiger charge is -2.04. The van der Waals surface area contributed by atoms with Crippen LogP contribution in [0.4, 0.5) is 0 Å². The van der Waals surface area contributed by atoms with E-state index in [4.69, 9.17) is 0 Å². The van der Waals surface area contributed by atoms with Crippen LogP contribution in [0.1, 0.15) is 71.5 Å². The first-order chi connectivity index (χ1) is 8.83. The molecule has 0 N–H and O–H groups in total. The Labute approximate surface area is 113 Å². The predicted molar refractivity (Wildman–Crippen MR) is 77.7 cm³/mol. The Bertz CT molecular complexity index is 291. The Kier molecular flexibility index (Phi) is 7.79. The van der Waals surface area contributed by atoms with Crippen LogP contribution in [0.2, 0.25) is 0 Å². The third-order valence-electron chi connectivity index (χ3n) is 3.52. The first-order valence-corrected chi connectivity index (χ1v) is 7.90. The number of aryl methyl sites for hydroxylation is 2. The summed E-state index contributed by atoms with van der Waals surface area (Å²) in [5.41, 5.74) is 0. The maximum atomic E-state index is 2.45. The fourth-order valence-electron chi connectivity index (χ4n) is 2.56. The third-order valence-corrected chi connectivity index (χ3v) is 3.52. The molecule has 0 aliphatic rings. The lowest BCUT2D eigenvalue weighted by molar-refractivity contribution is -0.703. The second kappa shape index (κ2) is 9.18. The summed E-state index contributed by atoms with van der Waals surface area (Å²) in [5, 5.41) is 0. The maximum absolute atomic E-state index is 2.45. The zero-order valence-corrected chi connectivity index (χ0v) is 12.6. The van der Waals surface area contributed by atoms with Crippen molar-refractivity contribution in [3.8, 4) is 0 Å². The van der Waals surface area contributed by atoms with E-state index in [1.807, 2.05) is 0 Å². The van der Waals surface area contributed by atoms with Crippen LogP contribution in [0.15, 0.2) is 12.4 Å². The minimum absolute atomic E-state index is 1.17. The average molecular weight is 251 g/mol. The van der Waals surface area contributed by atoms with Gasteiger partial charge in [0.05, 0.1) is 13.1 Å². The Morgan fingerprint density at radius 2 is 1.72 bits per heavy atom. The number of imidazole rings is 1. The van der Waals surface area contributed by atoms with Crippen LogP contribution in [0.25, 0.3) is 0 Å². The molecule has 1 aromatic rings. The fraction of sp³-hybridized carbons (Fsp3) is 0.812. The molecule has 104 valence electrons. The molecule has 18 heavy (non-hydrogen) atoms. The second-order valence-corrected chi connectivity index (χ2v) is 5.27. The normalized spacial score (nSPS) is 11.1. The summed E-state index contributed by atoms with van der Waals surface area (Å²) in [7, 11) is 0. The molecule has 0 aromatic carbocycles. The van der Waals surface area contributed by atoms with E-state index in [-0.39, 0.29) is 0 Å². The highest BCUT2D eigenvalue weighted by molar-refractivity contribution is 4.84. The Balaban J connectivity index is 2.50. The van der Waals surface area contributed by atoms with Gasteiger partial charge in [-0.05, 0) is 19.3 Å². The zero-order valence-electron chi connectivity index (χ0n) is 12.6. The van der Waals surface area contributed by atoms with Gasteiger partial charge in [-0.15, -0.1) is 0 Å². The Morgan fingerprint density at radius 1 is 0.944 bits per heavy atom. The molecule has 0 bridgehead atoms. The molecule has 1 aromatic heterocycles. The van der Waals surface area contributed by atoms with Crippen LogP contribution in [0, 0.1) is 0 Å². The summed E-state index contributed by atoms with van der Waals surface area (Å²) >= 11 is 0. The van der Waals surface area contributed by atoms with Crippen molar-refractivity contribution in [1.82, 2.24) is 4.57 Å². The molecule has 2 nitrogen and oxygen atoms in total. The summed E-state index contributed by atoms with van der Waals surface area (Å²) < 4.78 is 4.91. The summed E-state index contributed by atoms with van der Waals surface area (Å²) in [4.78, 5) is 0. The van der Waals surface area contributed by atoms with E-state index in [1.54, 1.807) is 0 Å². The van der Waals surface area contributed by atoms with Gasteiger partial charge in [-0.3, -0.25) is 0 Å². The maximum Gasteiger partial charge on any atom is 0.256 e. The number of hydrogen-bond donors (Lipinski definition) is 0. The van der Waals surface area contributed by atoms with Crippen molar-refractivity contribution < 1.29 is 4.57 Å². The molecule has 0 saturated heterocycles. The molecular weight excluding hydrogens is 220 g/mol. The van der Waals surface area contributed by atoms with E-state index >= 15 is 0 Å². The van der Waals surface area contributed by atoms with Gasteiger partial charge >= 0.3 is 0 Å². The number of hydrogen-bond acceptors (Lipinski definition) is 0. The number of nitrogens with zero attached hydrogens (tertiary/aromatic N) is 2. The van der Waals surface area contributed by atoms with Crippen molar-refractivity contribution in [2.75, 3.05) is 0 Å². The molecule has 0 amide bonds. The molecule has 1 rings (SSSR count). The molecule has 0 saturated carbocycles. The lowest BCUT2D eigenvalue weighted by atomic mass is 10.1. The molecule has 0 radical (unpaired) electrons. The van der Waals surface area contributed by atoms with Gasteiger partial charge in [0.2, 0.25) is 0 Å². The van der Waals surface area contributed by atoms with Gasteiger partial charge in [-0.2, -0.15) is 0 Å². The highest BCUT2D eigenvalue weighted by Gasteiger charge is 2.15. The summed E-state index contributed by atoms with van der Waals surface area (Å²) in [6.07, 6.45) is 15.1. The third kappa shape index (κ3) is 4.83. The molecule has 0 fully saturated rings.